The maximum Gasteiger partial charge on any atom is 0.338 e. The van der Waals surface area contributed by atoms with Crippen molar-refractivity contribution in [2.45, 2.75) is 13.8 Å². The molecule has 0 spiro atoms. The van der Waals surface area contributed by atoms with Gasteiger partial charge in [0.05, 0.1) is 17.7 Å². The minimum absolute atomic E-state index is 0.0550. The zero-order chi connectivity index (χ0) is 11.4. The van der Waals surface area contributed by atoms with Crippen molar-refractivity contribution in [3.05, 3.63) is 34.6 Å². The van der Waals surface area contributed by atoms with Gasteiger partial charge >= 0.3 is 5.97 Å². The Bertz CT molecular complexity index is 399. The first kappa shape index (κ1) is 11.4. The van der Waals surface area contributed by atoms with Crippen LogP contribution in [-0.4, -0.2) is 18.9 Å². The number of benzene rings is 1. The smallest absolute Gasteiger partial charge is 0.338 e. The van der Waals surface area contributed by atoms with Crippen LogP contribution in [0, 0.1) is 12.7 Å². The molecule has 0 aliphatic carbocycles. The number of rotatable bonds is 3. The fourth-order valence-corrected chi connectivity index (χ4v) is 1.23. The second-order valence-corrected chi connectivity index (χ2v) is 2.98. The summed E-state index contributed by atoms with van der Waals surface area (Å²) in [5.74, 6) is -1.25. The number of hydrogen-bond donors (Lipinski definition) is 0. The lowest BCUT2D eigenvalue weighted by Crippen LogP contribution is -2.08. The molecule has 15 heavy (non-hydrogen) atoms. The van der Waals surface area contributed by atoms with E-state index in [2.05, 4.69) is 0 Å². The highest BCUT2D eigenvalue weighted by molar-refractivity contribution is 5.92. The van der Waals surface area contributed by atoms with Crippen LogP contribution in [0.5, 0.6) is 0 Å². The van der Waals surface area contributed by atoms with E-state index in [1.807, 2.05) is 0 Å². The van der Waals surface area contributed by atoms with Crippen LogP contribution < -0.4 is 0 Å². The number of aldehydes is 1. The molecule has 1 rings (SSSR count). The fourth-order valence-electron chi connectivity index (χ4n) is 1.23. The van der Waals surface area contributed by atoms with E-state index in [1.165, 1.54) is 19.1 Å². The van der Waals surface area contributed by atoms with Gasteiger partial charge in [-0.3, -0.25) is 4.79 Å². The minimum Gasteiger partial charge on any atom is -0.462 e. The molecule has 4 heteroatoms. The molecule has 0 radical (unpaired) electrons. The van der Waals surface area contributed by atoms with Gasteiger partial charge < -0.3 is 4.74 Å². The zero-order valence-electron chi connectivity index (χ0n) is 8.54. The summed E-state index contributed by atoms with van der Waals surface area (Å²) in [5.41, 5.74) is 0.235. The lowest BCUT2D eigenvalue weighted by Gasteiger charge is -2.07. The molecule has 3 nitrogen and oxygen atoms in total. The molecule has 0 amide bonds. The van der Waals surface area contributed by atoms with E-state index >= 15 is 0 Å². The van der Waals surface area contributed by atoms with Crippen LogP contribution in [0.3, 0.4) is 0 Å². The Kier molecular flexibility index (Phi) is 3.55. The SMILES string of the molecule is CCOC(=O)c1ccc(C=O)c(F)c1C. The van der Waals surface area contributed by atoms with E-state index < -0.39 is 11.8 Å². The van der Waals surface area contributed by atoms with Gasteiger partial charge in [-0.25, -0.2) is 9.18 Å². The zero-order valence-corrected chi connectivity index (χ0v) is 8.54. The Balaban J connectivity index is 3.17. The van der Waals surface area contributed by atoms with Gasteiger partial charge in [-0.15, -0.1) is 0 Å². The van der Waals surface area contributed by atoms with Gasteiger partial charge in [0.2, 0.25) is 0 Å². The van der Waals surface area contributed by atoms with E-state index in [9.17, 15) is 14.0 Å². The number of halogens is 1. The average molecular weight is 210 g/mol. The summed E-state index contributed by atoms with van der Waals surface area (Å²) in [6, 6.07) is 2.65. The minimum atomic E-state index is -0.671. The summed E-state index contributed by atoms with van der Waals surface area (Å²) in [4.78, 5) is 21.8. The normalized spacial score (nSPS) is 9.80. The predicted octanol–water partition coefficient (Wildman–Crippen LogP) is 2.12. The van der Waals surface area contributed by atoms with Gasteiger partial charge in [0, 0.05) is 0 Å². The first-order valence-electron chi connectivity index (χ1n) is 4.53. The van der Waals surface area contributed by atoms with Crippen molar-refractivity contribution in [2.24, 2.45) is 0 Å². The van der Waals surface area contributed by atoms with Crippen LogP contribution in [0.15, 0.2) is 12.1 Å². The Morgan fingerprint density at radius 2 is 2.20 bits per heavy atom. The molecular formula is C11H11FO3. The quantitative estimate of drug-likeness (QED) is 0.567. The fraction of sp³-hybridized carbons (Fsp3) is 0.273. The molecular weight excluding hydrogens is 199 g/mol. The molecule has 1 aromatic rings. The molecule has 0 aromatic heterocycles. The third kappa shape index (κ3) is 2.21. The monoisotopic (exact) mass is 210 g/mol. The molecule has 0 aliphatic rings. The molecule has 0 N–H and O–H groups in total. The van der Waals surface area contributed by atoms with Crippen LogP contribution in [-0.2, 0) is 4.74 Å². The average Bonchev–Trinajstić information content (AvgIpc) is 2.22. The van der Waals surface area contributed by atoms with Crippen molar-refractivity contribution in [3.63, 3.8) is 0 Å². The lowest BCUT2D eigenvalue weighted by molar-refractivity contribution is 0.0524. The molecule has 0 unspecified atom stereocenters. The Hall–Kier alpha value is -1.71. The molecule has 0 saturated heterocycles. The van der Waals surface area contributed by atoms with Crippen molar-refractivity contribution in [2.75, 3.05) is 6.61 Å². The van der Waals surface area contributed by atoms with E-state index in [0.717, 1.165) is 0 Å². The third-order valence-electron chi connectivity index (χ3n) is 2.04. The molecule has 0 aliphatic heterocycles. The van der Waals surface area contributed by atoms with Crippen molar-refractivity contribution >= 4 is 12.3 Å². The van der Waals surface area contributed by atoms with Crippen molar-refractivity contribution < 1.29 is 18.7 Å². The summed E-state index contributed by atoms with van der Waals surface area (Å²) in [6.07, 6.45) is 0.414. The summed E-state index contributed by atoms with van der Waals surface area (Å²) >= 11 is 0. The molecule has 0 atom stereocenters. The van der Waals surface area contributed by atoms with E-state index in [1.54, 1.807) is 6.92 Å². The highest BCUT2D eigenvalue weighted by Crippen LogP contribution is 2.16. The molecule has 0 fully saturated rings. The summed E-state index contributed by atoms with van der Waals surface area (Å²) in [6.45, 7) is 3.34. The highest BCUT2D eigenvalue weighted by atomic mass is 19.1. The largest absolute Gasteiger partial charge is 0.462 e. The van der Waals surface area contributed by atoms with Gasteiger partial charge in [-0.05, 0) is 31.5 Å². The van der Waals surface area contributed by atoms with Crippen LogP contribution in [0.25, 0.3) is 0 Å². The third-order valence-corrected chi connectivity index (χ3v) is 2.04. The number of hydrogen-bond acceptors (Lipinski definition) is 3. The molecule has 0 saturated carbocycles. The van der Waals surface area contributed by atoms with Crippen LogP contribution in [0.4, 0.5) is 4.39 Å². The Labute approximate surface area is 86.9 Å². The predicted molar refractivity (Wildman–Crippen MR) is 52.5 cm³/mol. The highest BCUT2D eigenvalue weighted by Gasteiger charge is 2.15. The first-order chi connectivity index (χ1) is 7.11. The lowest BCUT2D eigenvalue weighted by atomic mass is 10.0. The van der Waals surface area contributed by atoms with Crippen LogP contribution >= 0.6 is 0 Å². The van der Waals surface area contributed by atoms with Crippen molar-refractivity contribution in [3.8, 4) is 0 Å². The Morgan fingerprint density at radius 1 is 1.53 bits per heavy atom. The van der Waals surface area contributed by atoms with Gasteiger partial charge in [0.25, 0.3) is 0 Å². The van der Waals surface area contributed by atoms with Crippen LogP contribution in [0.1, 0.15) is 33.2 Å². The first-order valence-corrected chi connectivity index (χ1v) is 4.53. The molecule has 80 valence electrons. The topological polar surface area (TPSA) is 43.4 Å². The van der Waals surface area contributed by atoms with Gasteiger partial charge in [0.1, 0.15) is 5.82 Å². The van der Waals surface area contributed by atoms with Crippen LogP contribution in [0.2, 0.25) is 0 Å². The standard InChI is InChI=1S/C11H11FO3/c1-3-15-11(14)9-5-4-8(6-13)10(12)7(9)2/h4-6H,3H2,1-2H3. The van der Waals surface area contributed by atoms with Gasteiger partial charge in [0.15, 0.2) is 6.29 Å². The summed E-state index contributed by atoms with van der Waals surface area (Å²) in [7, 11) is 0. The number of carbonyl (C=O) groups is 2. The number of esters is 1. The number of ether oxygens (including phenoxy) is 1. The van der Waals surface area contributed by atoms with Gasteiger partial charge in [-0.2, -0.15) is 0 Å². The van der Waals surface area contributed by atoms with Gasteiger partial charge in [-0.1, -0.05) is 0 Å². The molecule has 0 bridgehead atoms. The number of carbonyl (C=O) groups excluding carboxylic acids is 2. The van der Waals surface area contributed by atoms with E-state index in [-0.39, 0.29) is 23.3 Å². The maximum atomic E-state index is 13.4. The van der Waals surface area contributed by atoms with Crippen molar-refractivity contribution in [1.29, 1.82) is 0 Å². The second-order valence-electron chi connectivity index (χ2n) is 2.98. The second kappa shape index (κ2) is 4.68. The summed E-state index contributed by atoms with van der Waals surface area (Å²) < 4.78 is 18.2. The van der Waals surface area contributed by atoms with E-state index in [0.29, 0.717) is 6.29 Å². The van der Waals surface area contributed by atoms with Crippen molar-refractivity contribution in [1.82, 2.24) is 0 Å². The molecule has 1 aromatic carbocycles. The maximum absolute atomic E-state index is 13.4. The Morgan fingerprint density at radius 3 is 2.73 bits per heavy atom. The molecule has 0 heterocycles. The summed E-state index contributed by atoms with van der Waals surface area (Å²) in [5, 5.41) is 0. The van der Waals surface area contributed by atoms with E-state index in [4.69, 9.17) is 4.74 Å².